The molecule has 0 saturated carbocycles. The highest BCUT2D eigenvalue weighted by Crippen LogP contribution is 2.28. The third-order valence-electron chi connectivity index (χ3n) is 3.68. The van der Waals surface area contributed by atoms with Crippen LogP contribution in [0.15, 0.2) is 36.4 Å². The van der Waals surface area contributed by atoms with Gasteiger partial charge in [-0.25, -0.2) is 0 Å². The number of aryl methyl sites for hydroxylation is 1. The highest BCUT2D eigenvalue weighted by Gasteiger charge is 2.32. The molecule has 0 heterocycles. The molecule has 2 rings (SSSR count). The number of hydrogen-bond acceptors (Lipinski definition) is 2. The van der Waals surface area contributed by atoms with Gasteiger partial charge >= 0.3 is 0 Å². The first-order valence-electron chi connectivity index (χ1n) is 6.31. The van der Waals surface area contributed by atoms with Crippen molar-refractivity contribution in [1.29, 1.82) is 0 Å². The van der Waals surface area contributed by atoms with Crippen molar-refractivity contribution in [2.45, 2.75) is 31.7 Å². The summed E-state index contributed by atoms with van der Waals surface area (Å²) in [4.78, 5) is 0. The summed E-state index contributed by atoms with van der Waals surface area (Å²) in [6.45, 7) is 7.55. The average Bonchev–Trinajstić information content (AvgIpc) is 2.36. The van der Waals surface area contributed by atoms with Crippen LogP contribution in [0.4, 0.5) is 0 Å². The highest BCUT2D eigenvalue weighted by molar-refractivity contribution is 5.32. The Kier molecular flexibility index (Phi) is 3.65. The summed E-state index contributed by atoms with van der Waals surface area (Å²) < 4.78 is 0. The molecule has 0 radical (unpaired) electrons. The van der Waals surface area contributed by atoms with E-state index in [0.29, 0.717) is 6.54 Å². The van der Waals surface area contributed by atoms with Gasteiger partial charge in [-0.2, -0.15) is 0 Å². The van der Waals surface area contributed by atoms with Crippen molar-refractivity contribution in [3.8, 4) is 0 Å². The fraction of sp³-hybridized carbons (Fsp3) is 0.467. The first kappa shape index (κ1) is 12.3. The van der Waals surface area contributed by atoms with E-state index in [0.717, 1.165) is 31.4 Å². The molecule has 1 aliphatic carbocycles. The maximum Gasteiger partial charge on any atom is 0.0350 e. The highest BCUT2D eigenvalue weighted by atomic mass is 15.0. The molecule has 0 bridgehead atoms. The number of fused-ring (bicyclic) bond motifs is 1. The van der Waals surface area contributed by atoms with Gasteiger partial charge in [-0.1, -0.05) is 36.4 Å². The van der Waals surface area contributed by atoms with E-state index in [2.05, 4.69) is 36.2 Å². The van der Waals surface area contributed by atoms with Gasteiger partial charge in [0, 0.05) is 18.6 Å². The van der Waals surface area contributed by atoms with Crippen LogP contribution >= 0.6 is 0 Å². The molecule has 2 heteroatoms. The van der Waals surface area contributed by atoms with E-state index < -0.39 is 0 Å². The lowest BCUT2D eigenvalue weighted by Gasteiger charge is -2.38. The van der Waals surface area contributed by atoms with Gasteiger partial charge in [-0.15, -0.1) is 0 Å². The molecular weight excluding hydrogens is 208 g/mol. The van der Waals surface area contributed by atoms with Gasteiger partial charge in [0.1, 0.15) is 0 Å². The Bertz CT molecular complexity index is 411. The van der Waals surface area contributed by atoms with Crippen molar-refractivity contribution >= 4 is 0 Å². The van der Waals surface area contributed by atoms with Gasteiger partial charge < -0.3 is 11.1 Å². The molecule has 0 fully saturated rings. The van der Waals surface area contributed by atoms with Crippen LogP contribution in [-0.4, -0.2) is 18.6 Å². The molecule has 1 aromatic carbocycles. The van der Waals surface area contributed by atoms with Crippen molar-refractivity contribution in [3.05, 3.63) is 47.5 Å². The first-order valence-corrected chi connectivity index (χ1v) is 6.31. The van der Waals surface area contributed by atoms with E-state index in [9.17, 15) is 0 Å². The minimum atomic E-state index is 0.0628. The van der Waals surface area contributed by atoms with Crippen LogP contribution in [0.2, 0.25) is 0 Å². The van der Waals surface area contributed by atoms with E-state index in [1.807, 2.05) is 6.92 Å². The number of nitrogens with two attached hydrogens (primary N) is 1. The van der Waals surface area contributed by atoms with Crippen LogP contribution in [0.1, 0.15) is 24.5 Å². The standard InChI is InChI=1S/C15H22N2/c1-12(2)10-17-15(11-16)8-7-13-5-3-4-6-14(13)9-15/h3-6,17H,1,7-11,16H2,2H3. The Morgan fingerprint density at radius 3 is 2.76 bits per heavy atom. The fourth-order valence-corrected chi connectivity index (χ4v) is 2.54. The van der Waals surface area contributed by atoms with Crippen molar-refractivity contribution in [2.75, 3.05) is 13.1 Å². The zero-order valence-corrected chi connectivity index (χ0v) is 10.6. The monoisotopic (exact) mass is 230 g/mol. The van der Waals surface area contributed by atoms with E-state index in [-0.39, 0.29) is 5.54 Å². The molecule has 92 valence electrons. The smallest absolute Gasteiger partial charge is 0.0350 e. The molecule has 0 aliphatic heterocycles. The van der Waals surface area contributed by atoms with Crippen molar-refractivity contribution in [3.63, 3.8) is 0 Å². The topological polar surface area (TPSA) is 38.0 Å². The van der Waals surface area contributed by atoms with E-state index in [1.165, 1.54) is 11.1 Å². The molecule has 1 unspecified atom stereocenters. The van der Waals surface area contributed by atoms with Crippen molar-refractivity contribution in [2.24, 2.45) is 5.73 Å². The van der Waals surface area contributed by atoms with Crippen LogP contribution in [0, 0.1) is 0 Å². The van der Waals surface area contributed by atoms with Crippen LogP contribution in [-0.2, 0) is 12.8 Å². The summed E-state index contributed by atoms with van der Waals surface area (Å²) in [7, 11) is 0. The summed E-state index contributed by atoms with van der Waals surface area (Å²) in [6, 6.07) is 8.69. The molecule has 0 amide bonds. The van der Waals surface area contributed by atoms with Crippen LogP contribution in [0.25, 0.3) is 0 Å². The zero-order valence-electron chi connectivity index (χ0n) is 10.6. The maximum absolute atomic E-state index is 5.99. The summed E-state index contributed by atoms with van der Waals surface area (Å²) in [5.41, 5.74) is 10.1. The molecule has 3 N–H and O–H groups in total. The second-order valence-electron chi connectivity index (χ2n) is 5.24. The lowest BCUT2D eigenvalue weighted by molar-refractivity contribution is 0.303. The summed E-state index contributed by atoms with van der Waals surface area (Å²) in [6.07, 6.45) is 3.28. The van der Waals surface area contributed by atoms with Gasteiger partial charge in [0.25, 0.3) is 0 Å². The van der Waals surface area contributed by atoms with E-state index in [4.69, 9.17) is 5.73 Å². The van der Waals surface area contributed by atoms with Gasteiger partial charge in [0.2, 0.25) is 0 Å². The SMILES string of the molecule is C=C(C)CNC1(CN)CCc2ccccc2C1. The van der Waals surface area contributed by atoms with Gasteiger partial charge in [-0.3, -0.25) is 0 Å². The van der Waals surface area contributed by atoms with Crippen LogP contribution in [0.3, 0.4) is 0 Å². The molecular formula is C15H22N2. The summed E-state index contributed by atoms with van der Waals surface area (Å²) in [5, 5.41) is 3.60. The molecule has 0 aromatic heterocycles. The molecule has 1 aromatic rings. The van der Waals surface area contributed by atoms with E-state index in [1.54, 1.807) is 0 Å². The van der Waals surface area contributed by atoms with Gasteiger partial charge in [0.05, 0.1) is 0 Å². The average molecular weight is 230 g/mol. The minimum Gasteiger partial charge on any atom is -0.329 e. The predicted molar refractivity (Wildman–Crippen MR) is 73.1 cm³/mol. The second kappa shape index (κ2) is 5.03. The zero-order chi connectivity index (χ0) is 12.3. The molecule has 17 heavy (non-hydrogen) atoms. The number of benzene rings is 1. The Hall–Kier alpha value is -1.12. The molecule has 0 spiro atoms. The van der Waals surface area contributed by atoms with Crippen LogP contribution < -0.4 is 11.1 Å². The normalized spacial score (nSPS) is 23.2. The predicted octanol–water partition coefficient (Wildman–Crippen LogP) is 2.04. The number of hydrogen-bond donors (Lipinski definition) is 2. The lowest BCUT2D eigenvalue weighted by atomic mass is 9.78. The molecule has 0 saturated heterocycles. The fourth-order valence-electron chi connectivity index (χ4n) is 2.54. The van der Waals surface area contributed by atoms with Crippen molar-refractivity contribution in [1.82, 2.24) is 5.32 Å². The van der Waals surface area contributed by atoms with Gasteiger partial charge in [-0.05, 0) is 37.3 Å². The van der Waals surface area contributed by atoms with Crippen molar-refractivity contribution < 1.29 is 0 Å². The second-order valence-corrected chi connectivity index (χ2v) is 5.24. The first-order chi connectivity index (χ1) is 8.15. The Balaban J connectivity index is 2.14. The number of nitrogens with one attached hydrogen (secondary N) is 1. The lowest BCUT2D eigenvalue weighted by Crippen LogP contribution is -2.55. The van der Waals surface area contributed by atoms with Gasteiger partial charge in [0.15, 0.2) is 0 Å². The quantitative estimate of drug-likeness (QED) is 0.777. The minimum absolute atomic E-state index is 0.0628. The maximum atomic E-state index is 5.99. The summed E-state index contributed by atoms with van der Waals surface area (Å²) >= 11 is 0. The Morgan fingerprint density at radius 1 is 1.41 bits per heavy atom. The third kappa shape index (κ3) is 2.76. The largest absolute Gasteiger partial charge is 0.329 e. The molecule has 1 aliphatic rings. The third-order valence-corrected chi connectivity index (χ3v) is 3.68. The number of rotatable bonds is 4. The Morgan fingerprint density at radius 2 is 2.12 bits per heavy atom. The molecule has 2 nitrogen and oxygen atoms in total. The summed E-state index contributed by atoms with van der Waals surface area (Å²) in [5.74, 6) is 0. The molecule has 1 atom stereocenters. The van der Waals surface area contributed by atoms with E-state index >= 15 is 0 Å². The Labute approximate surface area is 104 Å². The van der Waals surface area contributed by atoms with Crippen LogP contribution in [0.5, 0.6) is 0 Å².